The maximum absolute atomic E-state index is 11.1. The Labute approximate surface area is 82.5 Å². The van der Waals surface area contributed by atoms with E-state index < -0.39 is 5.92 Å². The summed E-state index contributed by atoms with van der Waals surface area (Å²) in [6, 6.07) is 5.52. The van der Waals surface area contributed by atoms with Crippen molar-refractivity contribution in [3.63, 3.8) is 0 Å². The normalized spacial score (nSPS) is 11.7. The number of carbonyl (C=O) groups excluding carboxylic acids is 1. The van der Waals surface area contributed by atoms with Gasteiger partial charge in [-0.15, -0.1) is 0 Å². The molecule has 1 heterocycles. The van der Waals surface area contributed by atoms with Crippen molar-refractivity contribution in [2.75, 3.05) is 6.54 Å². The highest BCUT2D eigenvalue weighted by molar-refractivity contribution is 5.80. The second-order valence-electron chi connectivity index (χ2n) is 2.97. The van der Waals surface area contributed by atoms with E-state index in [0.717, 1.165) is 5.76 Å². The third-order valence-electron chi connectivity index (χ3n) is 1.84. The first-order valence-corrected chi connectivity index (χ1v) is 4.43. The molecule has 4 nitrogen and oxygen atoms in total. The molecule has 1 aromatic rings. The van der Waals surface area contributed by atoms with Crippen LogP contribution >= 0.6 is 0 Å². The molecule has 1 rings (SSSR count). The van der Waals surface area contributed by atoms with Gasteiger partial charge < -0.3 is 9.73 Å². The molecule has 1 amide bonds. The third kappa shape index (κ3) is 2.94. The van der Waals surface area contributed by atoms with Crippen LogP contribution in [0.25, 0.3) is 0 Å². The van der Waals surface area contributed by atoms with Gasteiger partial charge >= 0.3 is 0 Å². The van der Waals surface area contributed by atoms with E-state index in [4.69, 9.17) is 9.68 Å². The van der Waals surface area contributed by atoms with Crippen molar-refractivity contribution >= 4 is 5.91 Å². The SMILES string of the molecule is CC(C#N)C(=O)NCCc1ccco1. The zero-order chi connectivity index (χ0) is 10.4. The van der Waals surface area contributed by atoms with Crippen LogP contribution < -0.4 is 5.32 Å². The van der Waals surface area contributed by atoms with Gasteiger partial charge in [-0.1, -0.05) is 0 Å². The molecule has 1 N–H and O–H groups in total. The van der Waals surface area contributed by atoms with Gasteiger partial charge in [-0.05, 0) is 19.1 Å². The molecule has 14 heavy (non-hydrogen) atoms. The summed E-state index contributed by atoms with van der Waals surface area (Å²) in [6.07, 6.45) is 2.24. The summed E-state index contributed by atoms with van der Waals surface area (Å²) < 4.78 is 5.09. The highest BCUT2D eigenvalue weighted by atomic mass is 16.3. The predicted molar refractivity (Wildman–Crippen MR) is 50.2 cm³/mol. The van der Waals surface area contributed by atoms with E-state index in [1.54, 1.807) is 19.3 Å². The third-order valence-corrected chi connectivity index (χ3v) is 1.84. The van der Waals surface area contributed by atoms with E-state index in [1.807, 2.05) is 12.1 Å². The lowest BCUT2D eigenvalue weighted by molar-refractivity contribution is -0.122. The number of nitriles is 1. The molecule has 0 saturated carbocycles. The number of furan rings is 1. The summed E-state index contributed by atoms with van der Waals surface area (Å²) in [7, 11) is 0. The van der Waals surface area contributed by atoms with Crippen LogP contribution in [0.5, 0.6) is 0 Å². The Balaban J connectivity index is 2.23. The lowest BCUT2D eigenvalue weighted by atomic mass is 10.2. The number of amides is 1. The molecule has 4 heteroatoms. The number of hydrogen-bond donors (Lipinski definition) is 1. The van der Waals surface area contributed by atoms with Crippen LogP contribution in [-0.4, -0.2) is 12.5 Å². The molecular weight excluding hydrogens is 180 g/mol. The van der Waals surface area contributed by atoms with Crippen LogP contribution in [0.3, 0.4) is 0 Å². The summed E-state index contributed by atoms with van der Waals surface area (Å²) in [4.78, 5) is 11.1. The number of rotatable bonds is 4. The molecule has 0 aliphatic rings. The Hall–Kier alpha value is -1.76. The first kappa shape index (κ1) is 10.3. The summed E-state index contributed by atoms with van der Waals surface area (Å²) in [5.74, 6) is 0.000526. The van der Waals surface area contributed by atoms with Crippen molar-refractivity contribution in [3.8, 4) is 6.07 Å². The van der Waals surface area contributed by atoms with Crippen LogP contribution in [0.2, 0.25) is 0 Å². The quantitative estimate of drug-likeness (QED) is 0.776. The van der Waals surface area contributed by atoms with E-state index in [-0.39, 0.29) is 5.91 Å². The molecule has 0 aromatic carbocycles. The van der Waals surface area contributed by atoms with Crippen molar-refractivity contribution in [2.45, 2.75) is 13.3 Å². The van der Waals surface area contributed by atoms with Gasteiger partial charge in [-0.25, -0.2) is 0 Å². The zero-order valence-corrected chi connectivity index (χ0v) is 7.99. The average molecular weight is 192 g/mol. The van der Waals surface area contributed by atoms with E-state index in [1.165, 1.54) is 0 Å². The molecular formula is C10H12N2O2. The number of hydrogen-bond acceptors (Lipinski definition) is 3. The first-order valence-electron chi connectivity index (χ1n) is 4.43. The molecule has 1 atom stereocenters. The monoisotopic (exact) mass is 192 g/mol. The van der Waals surface area contributed by atoms with Gasteiger partial charge in [0.15, 0.2) is 0 Å². The second-order valence-corrected chi connectivity index (χ2v) is 2.97. The summed E-state index contributed by atoms with van der Waals surface area (Å²) in [6.45, 7) is 2.07. The van der Waals surface area contributed by atoms with Crippen molar-refractivity contribution in [1.29, 1.82) is 5.26 Å². The molecule has 1 unspecified atom stereocenters. The van der Waals surface area contributed by atoms with Crippen LogP contribution in [0.4, 0.5) is 0 Å². The standard InChI is InChI=1S/C10H12N2O2/c1-8(7-11)10(13)12-5-4-9-3-2-6-14-9/h2-3,6,8H,4-5H2,1H3,(H,12,13). The average Bonchev–Trinajstić information content (AvgIpc) is 2.69. The van der Waals surface area contributed by atoms with Crippen LogP contribution in [0.15, 0.2) is 22.8 Å². The van der Waals surface area contributed by atoms with Crippen LogP contribution in [-0.2, 0) is 11.2 Å². The molecule has 0 bridgehead atoms. The molecule has 0 aliphatic heterocycles. The van der Waals surface area contributed by atoms with Crippen LogP contribution in [0.1, 0.15) is 12.7 Å². The molecule has 0 spiro atoms. The fourth-order valence-electron chi connectivity index (χ4n) is 0.975. The van der Waals surface area contributed by atoms with E-state index >= 15 is 0 Å². The smallest absolute Gasteiger partial charge is 0.237 e. The largest absolute Gasteiger partial charge is 0.469 e. The lowest BCUT2D eigenvalue weighted by Gasteiger charge is -2.04. The number of nitrogens with one attached hydrogen (secondary N) is 1. The van der Waals surface area contributed by atoms with Gasteiger partial charge in [-0.2, -0.15) is 5.26 Å². The van der Waals surface area contributed by atoms with Crippen LogP contribution in [0, 0.1) is 17.2 Å². The second kappa shape index (κ2) is 5.07. The Morgan fingerprint density at radius 3 is 3.14 bits per heavy atom. The Morgan fingerprint density at radius 2 is 2.57 bits per heavy atom. The minimum atomic E-state index is -0.591. The fourth-order valence-corrected chi connectivity index (χ4v) is 0.975. The maximum atomic E-state index is 11.1. The van der Waals surface area contributed by atoms with E-state index in [2.05, 4.69) is 5.32 Å². The highest BCUT2D eigenvalue weighted by Crippen LogP contribution is 1.99. The molecule has 74 valence electrons. The minimum absolute atomic E-state index is 0.237. The molecule has 0 saturated heterocycles. The molecule has 0 aliphatic carbocycles. The fraction of sp³-hybridized carbons (Fsp3) is 0.400. The van der Waals surface area contributed by atoms with E-state index in [9.17, 15) is 4.79 Å². The Morgan fingerprint density at radius 1 is 1.79 bits per heavy atom. The van der Waals surface area contributed by atoms with Crippen molar-refractivity contribution in [2.24, 2.45) is 5.92 Å². The lowest BCUT2D eigenvalue weighted by Crippen LogP contribution is -2.30. The predicted octanol–water partition coefficient (Wildman–Crippen LogP) is 1.10. The van der Waals surface area contributed by atoms with Crippen molar-refractivity contribution in [1.82, 2.24) is 5.32 Å². The Bertz CT molecular complexity index is 324. The van der Waals surface area contributed by atoms with Gasteiger partial charge in [0.1, 0.15) is 11.7 Å². The molecule has 0 fully saturated rings. The summed E-state index contributed by atoms with van der Waals surface area (Å²) in [5.41, 5.74) is 0. The summed E-state index contributed by atoms with van der Waals surface area (Å²) in [5, 5.41) is 11.1. The molecule has 0 radical (unpaired) electrons. The van der Waals surface area contributed by atoms with Gasteiger partial charge in [0, 0.05) is 13.0 Å². The van der Waals surface area contributed by atoms with Gasteiger partial charge in [-0.3, -0.25) is 4.79 Å². The van der Waals surface area contributed by atoms with Gasteiger partial charge in [0.05, 0.1) is 12.3 Å². The first-order chi connectivity index (χ1) is 6.74. The highest BCUT2D eigenvalue weighted by Gasteiger charge is 2.10. The maximum Gasteiger partial charge on any atom is 0.237 e. The van der Waals surface area contributed by atoms with Gasteiger partial charge in [0.2, 0.25) is 5.91 Å². The zero-order valence-electron chi connectivity index (χ0n) is 7.99. The van der Waals surface area contributed by atoms with Crippen molar-refractivity contribution in [3.05, 3.63) is 24.2 Å². The van der Waals surface area contributed by atoms with Crippen molar-refractivity contribution < 1.29 is 9.21 Å². The van der Waals surface area contributed by atoms with Gasteiger partial charge in [0.25, 0.3) is 0 Å². The number of nitrogens with zero attached hydrogens (tertiary/aromatic N) is 1. The van der Waals surface area contributed by atoms with E-state index in [0.29, 0.717) is 13.0 Å². The summed E-state index contributed by atoms with van der Waals surface area (Å²) >= 11 is 0. The molecule has 1 aromatic heterocycles. The minimum Gasteiger partial charge on any atom is -0.469 e. The topological polar surface area (TPSA) is 66.0 Å². The Kier molecular flexibility index (Phi) is 3.74. The number of carbonyl (C=O) groups is 1.